The van der Waals surface area contributed by atoms with Crippen LogP contribution in [0.25, 0.3) is 0 Å². The van der Waals surface area contributed by atoms with Gasteiger partial charge in [-0.2, -0.15) is 0 Å². The summed E-state index contributed by atoms with van der Waals surface area (Å²) in [5.74, 6) is 0. The van der Waals surface area contributed by atoms with Crippen molar-refractivity contribution < 1.29 is 52.3 Å². The molecule has 8 N–H and O–H groups in total. The molecule has 0 bridgehead atoms. The molecule has 1 saturated heterocycles. The first-order chi connectivity index (χ1) is 11.7. The predicted molar refractivity (Wildman–Crippen MR) is 110 cm³/mol. The molecule has 1 heterocycles. The zero-order valence-corrected chi connectivity index (χ0v) is 20.5. The zero-order valence-electron chi connectivity index (χ0n) is 18.0. The number of rotatable bonds is 0. The van der Waals surface area contributed by atoms with Crippen molar-refractivity contribution in [2.45, 2.75) is 114 Å². The molecule has 1 aliphatic heterocycles. The van der Waals surface area contributed by atoms with E-state index in [1.807, 2.05) is 0 Å². The van der Waals surface area contributed by atoms with E-state index in [2.05, 4.69) is 35.1 Å². The summed E-state index contributed by atoms with van der Waals surface area (Å²) in [6, 6.07) is 3.91. The van der Waals surface area contributed by atoms with Gasteiger partial charge in [0.2, 0.25) is 0 Å². The summed E-state index contributed by atoms with van der Waals surface area (Å²) < 4.78 is 0. The summed E-state index contributed by atoms with van der Waals surface area (Å²) in [7, 11) is 0. The minimum absolute atomic E-state index is 0. The first-order valence-corrected chi connectivity index (χ1v) is 10.7. The van der Waals surface area contributed by atoms with Crippen molar-refractivity contribution in [1.82, 2.24) is 21.3 Å². The zero-order chi connectivity index (χ0) is 16.8. The van der Waals surface area contributed by atoms with Crippen LogP contribution in [-0.2, 0) is 16.5 Å². The van der Waals surface area contributed by atoms with Crippen LogP contribution in [-0.4, -0.2) is 60.3 Å². The summed E-state index contributed by atoms with van der Waals surface area (Å²) in [6.45, 7) is 7.04. The third-order valence-electron chi connectivity index (χ3n) is 6.50. The smallest absolute Gasteiger partial charge is 1.00 e. The second-order valence-electron chi connectivity index (χ2n) is 8.62. The topological polar surface area (TPSA) is 111 Å². The maximum atomic E-state index is 3.94. The largest absolute Gasteiger partial charge is 2.00 e. The van der Waals surface area contributed by atoms with Gasteiger partial charge in [0.25, 0.3) is 0 Å². The van der Waals surface area contributed by atoms with Crippen LogP contribution in [0.1, 0.15) is 78.1 Å². The Labute approximate surface area is 200 Å². The molecule has 0 aromatic rings. The van der Waals surface area contributed by atoms with E-state index in [0.29, 0.717) is 36.3 Å². The van der Waals surface area contributed by atoms with Gasteiger partial charge >= 0.3 is 16.5 Å². The molecular weight excluding hydrogens is 458 g/mol. The van der Waals surface area contributed by atoms with Crippen molar-refractivity contribution in [3.63, 3.8) is 0 Å². The first kappa shape index (κ1) is 34.4. The van der Waals surface area contributed by atoms with Gasteiger partial charge in [-0.05, 0) is 65.5 Å². The van der Waals surface area contributed by atoms with Crippen LogP contribution < -0.4 is 46.1 Å². The molecule has 0 radical (unpaired) electrons. The van der Waals surface area contributed by atoms with Crippen molar-refractivity contribution >= 4 is 0 Å². The number of fused-ring (bicyclic) bond motifs is 2. The van der Waals surface area contributed by atoms with Gasteiger partial charge in [0, 0.05) is 36.3 Å². The van der Waals surface area contributed by atoms with Gasteiger partial charge in [-0.3, -0.25) is 0 Å². The van der Waals surface area contributed by atoms with E-state index in [-0.39, 0.29) is 52.3 Å². The average molecular weight is 502 g/mol. The quantitative estimate of drug-likeness (QED) is 0.249. The Kier molecular flexibility index (Phi) is 21.9. The van der Waals surface area contributed by atoms with Crippen LogP contribution in [0.15, 0.2) is 0 Å². The summed E-state index contributed by atoms with van der Waals surface area (Å²) in [6.07, 6.45) is 13.4. The molecule has 0 amide bonds. The minimum Gasteiger partial charge on any atom is -1.00 e. The van der Waals surface area contributed by atoms with E-state index in [1.165, 1.54) is 64.2 Å². The molecule has 0 unspecified atom stereocenters. The molecule has 3 fully saturated rings. The third-order valence-corrected chi connectivity index (χ3v) is 6.50. The van der Waals surface area contributed by atoms with E-state index in [0.717, 1.165) is 13.1 Å². The van der Waals surface area contributed by atoms with Crippen molar-refractivity contribution in [2.75, 3.05) is 13.1 Å². The van der Waals surface area contributed by atoms with Crippen LogP contribution in [0.4, 0.5) is 0 Å². The fourth-order valence-electron chi connectivity index (χ4n) is 5.02. The number of hydrogen-bond acceptors (Lipinski definition) is 4. The van der Waals surface area contributed by atoms with E-state index < -0.39 is 0 Å². The summed E-state index contributed by atoms with van der Waals surface area (Å²) in [5.41, 5.74) is 0. The van der Waals surface area contributed by atoms with Crippen LogP contribution in [0.3, 0.4) is 0 Å². The van der Waals surface area contributed by atoms with Gasteiger partial charge in [-0.1, -0.05) is 25.7 Å². The van der Waals surface area contributed by atoms with Gasteiger partial charge in [0.15, 0.2) is 0 Å². The van der Waals surface area contributed by atoms with E-state index in [4.69, 9.17) is 0 Å². The van der Waals surface area contributed by atoms with Crippen molar-refractivity contribution in [1.29, 1.82) is 0 Å². The molecule has 3 rings (SSSR count). The van der Waals surface area contributed by atoms with Gasteiger partial charge < -0.3 is 57.0 Å². The molecule has 29 heavy (non-hydrogen) atoms. The van der Waals surface area contributed by atoms with Crippen LogP contribution in [0.2, 0.25) is 0 Å². The first-order valence-electron chi connectivity index (χ1n) is 10.7. The Balaban J connectivity index is -0.00000135. The van der Waals surface area contributed by atoms with Gasteiger partial charge in [0.1, 0.15) is 0 Å². The van der Waals surface area contributed by atoms with Gasteiger partial charge in [-0.25, -0.2) is 0 Å². The molecule has 180 valence electrons. The predicted octanol–water partition coefficient (Wildman–Crippen LogP) is -5.11. The normalized spacial score (nSPS) is 35.8. The second kappa shape index (κ2) is 18.4. The van der Waals surface area contributed by atoms with Crippen molar-refractivity contribution in [3.8, 4) is 0 Å². The van der Waals surface area contributed by atoms with Crippen molar-refractivity contribution in [2.24, 2.45) is 0 Å². The summed E-state index contributed by atoms with van der Waals surface area (Å²) in [5, 5.41) is 15.6. The third kappa shape index (κ3) is 11.3. The van der Waals surface area contributed by atoms with E-state index in [9.17, 15) is 0 Å². The number of nitrogens with one attached hydrogen (secondary N) is 4. The van der Waals surface area contributed by atoms with Gasteiger partial charge in [-0.15, -0.1) is 0 Å². The van der Waals surface area contributed by atoms with E-state index in [1.54, 1.807) is 0 Å². The molecule has 6 atom stereocenters. The van der Waals surface area contributed by atoms with Crippen LogP contribution in [0.5, 0.6) is 0 Å². The molecule has 6 nitrogen and oxygen atoms in total. The second-order valence-corrected chi connectivity index (χ2v) is 8.62. The Morgan fingerprint density at radius 1 is 0.517 bits per heavy atom. The molecular formula is C20H44Cl2N4NiO2. The molecule has 2 saturated carbocycles. The maximum absolute atomic E-state index is 3.94. The fourth-order valence-corrected chi connectivity index (χ4v) is 5.02. The summed E-state index contributed by atoms with van der Waals surface area (Å²) in [4.78, 5) is 0. The molecule has 9 heteroatoms. The maximum Gasteiger partial charge on any atom is 2.00 e. The minimum atomic E-state index is 0. The average Bonchev–Trinajstić information content (AvgIpc) is 2.57. The Morgan fingerprint density at radius 2 is 0.828 bits per heavy atom. The molecule has 0 aromatic carbocycles. The van der Waals surface area contributed by atoms with Crippen LogP contribution >= 0.6 is 0 Å². The summed E-state index contributed by atoms with van der Waals surface area (Å²) >= 11 is 0. The Hall–Kier alpha value is 0.834. The molecule has 3 aliphatic rings. The standard InChI is InChI=1S/C20H40N4.2ClH.Ni.2H2O/c1-15-11-13-21-18-8-4-6-10-20(18)24-16(2)12-14-22-17-7-3-5-9-19(17)23-15;;;;;/h15-24H,3-14H2,1-2H3;2*1H;;2*1H2/q;;;+2;;/p-2/t15-,16+,17-,18+,19-,20+;;;;;. The molecule has 0 spiro atoms. The fraction of sp³-hybridized carbons (Fsp3) is 1.00. The SMILES string of the molecule is C[C@@H]1CCN[C@H]2CCCC[C@@H]2N[C@@H](C)CCN[C@@H]2CCCC[C@H]2N1.O.O.[Cl-].[Cl-].[Ni+2]. The van der Waals surface area contributed by atoms with Crippen LogP contribution in [0, 0.1) is 0 Å². The Bertz CT molecular complexity index is 354. The molecule has 0 aromatic heterocycles. The van der Waals surface area contributed by atoms with Crippen molar-refractivity contribution in [3.05, 3.63) is 0 Å². The molecule has 2 aliphatic carbocycles. The Morgan fingerprint density at radius 3 is 1.17 bits per heavy atom. The number of hydrogen-bond donors (Lipinski definition) is 4. The van der Waals surface area contributed by atoms with Gasteiger partial charge in [0.05, 0.1) is 0 Å². The monoisotopic (exact) mass is 500 g/mol. The number of halogens is 2. The van der Waals surface area contributed by atoms with E-state index >= 15 is 0 Å².